The molecule has 0 saturated heterocycles. The zero-order valence-corrected chi connectivity index (χ0v) is 15.8. The van der Waals surface area contributed by atoms with Crippen LogP contribution in [0.25, 0.3) is 0 Å². The number of thioether (sulfide) groups is 1. The monoisotopic (exact) mass is 379 g/mol. The molecule has 0 saturated carbocycles. The van der Waals surface area contributed by atoms with Crippen LogP contribution in [0.3, 0.4) is 0 Å². The number of hydrogen-bond donors (Lipinski definition) is 1. The minimum absolute atomic E-state index is 0.125. The Hall–Kier alpha value is -2.41. The third-order valence-corrected chi connectivity index (χ3v) is 4.64. The number of nitrogens with one attached hydrogen (secondary N) is 1. The maximum absolute atomic E-state index is 13.5. The molecule has 26 heavy (non-hydrogen) atoms. The van der Waals surface area contributed by atoms with Crippen LogP contribution in [0, 0.1) is 5.82 Å². The summed E-state index contributed by atoms with van der Waals surface area (Å²) in [5, 5.41) is 2.83. The fraction of sp³-hybridized carbons (Fsp3) is 0.316. The zero-order chi connectivity index (χ0) is 18.9. The van der Waals surface area contributed by atoms with E-state index in [2.05, 4.69) is 5.32 Å². The number of benzene rings is 2. The second kappa shape index (κ2) is 9.91. The number of hydrogen-bond acceptors (Lipinski definition) is 5. The number of carbonyl (C=O) groups excluding carboxylic acids is 1. The lowest BCUT2D eigenvalue weighted by Gasteiger charge is -2.14. The first-order valence-electron chi connectivity index (χ1n) is 7.95. The first-order chi connectivity index (χ1) is 12.6. The minimum Gasteiger partial charge on any atom is -0.493 e. The van der Waals surface area contributed by atoms with Gasteiger partial charge in [-0.3, -0.25) is 4.79 Å². The van der Waals surface area contributed by atoms with Crippen LogP contribution in [-0.2, 0) is 17.1 Å². The molecular weight excluding hydrogens is 357 g/mol. The Morgan fingerprint density at radius 3 is 2.31 bits per heavy atom. The van der Waals surface area contributed by atoms with Crippen LogP contribution >= 0.6 is 11.8 Å². The summed E-state index contributed by atoms with van der Waals surface area (Å²) in [6, 6.07) is 10.1. The molecule has 2 aromatic rings. The van der Waals surface area contributed by atoms with Gasteiger partial charge < -0.3 is 19.5 Å². The number of methoxy groups -OCH3 is 3. The highest BCUT2D eigenvalue weighted by molar-refractivity contribution is 7.99. The summed E-state index contributed by atoms with van der Waals surface area (Å²) in [5.41, 5.74) is 1.42. The summed E-state index contributed by atoms with van der Waals surface area (Å²) in [6.07, 6.45) is 0. The Morgan fingerprint density at radius 1 is 1.08 bits per heavy atom. The summed E-state index contributed by atoms with van der Waals surface area (Å²) < 4.78 is 29.4. The fourth-order valence-electron chi connectivity index (χ4n) is 2.36. The molecule has 0 unspecified atom stereocenters. The molecule has 0 radical (unpaired) electrons. The van der Waals surface area contributed by atoms with Gasteiger partial charge in [-0.25, -0.2) is 4.39 Å². The van der Waals surface area contributed by atoms with Crippen LogP contribution in [0.1, 0.15) is 11.1 Å². The molecule has 0 atom stereocenters. The Labute approximate surface area is 156 Å². The van der Waals surface area contributed by atoms with Crippen molar-refractivity contribution in [1.29, 1.82) is 0 Å². The molecule has 7 heteroatoms. The van der Waals surface area contributed by atoms with Crippen LogP contribution in [-0.4, -0.2) is 33.0 Å². The van der Waals surface area contributed by atoms with Crippen LogP contribution in [0.2, 0.25) is 0 Å². The summed E-state index contributed by atoms with van der Waals surface area (Å²) in [7, 11) is 4.62. The predicted octanol–water partition coefficient (Wildman–Crippen LogP) is 3.40. The number of rotatable bonds is 9. The van der Waals surface area contributed by atoms with E-state index in [0.29, 0.717) is 35.1 Å². The van der Waals surface area contributed by atoms with Crippen LogP contribution in [0.15, 0.2) is 36.4 Å². The standard InChI is InChI=1S/C19H22FNO4S/c1-23-16-8-13(9-17(24-2)19(16)25-3)10-21-18(22)12-26-11-14-6-4-5-7-15(14)20/h4-9H,10-12H2,1-3H3,(H,21,22). The molecule has 2 aromatic carbocycles. The van der Waals surface area contributed by atoms with Gasteiger partial charge in [-0.15, -0.1) is 11.8 Å². The Morgan fingerprint density at radius 2 is 1.73 bits per heavy atom. The maximum atomic E-state index is 13.5. The lowest BCUT2D eigenvalue weighted by molar-refractivity contribution is -0.118. The van der Waals surface area contributed by atoms with Gasteiger partial charge in [0, 0.05) is 12.3 Å². The summed E-state index contributed by atoms with van der Waals surface area (Å²) >= 11 is 1.36. The van der Waals surface area contributed by atoms with Gasteiger partial charge in [0.25, 0.3) is 0 Å². The zero-order valence-electron chi connectivity index (χ0n) is 15.0. The second-order valence-electron chi connectivity index (χ2n) is 5.39. The Balaban J connectivity index is 1.88. The van der Waals surface area contributed by atoms with Crippen LogP contribution < -0.4 is 19.5 Å². The van der Waals surface area contributed by atoms with Gasteiger partial charge in [0.05, 0.1) is 27.1 Å². The first-order valence-corrected chi connectivity index (χ1v) is 9.11. The van der Waals surface area contributed by atoms with Crippen molar-refractivity contribution in [3.8, 4) is 17.2 Å². The van der Waals surface area contributed by atoms with Gasteiger partial charge in [-0.2, -0.15) is 0 Å². The SMILES string of the molecule is COc1cc(CNC(=O)CSCc2ccccc2F)cc(OC)c1OC. The lowest BCUT2D eigenvalue weighted by Crippen LogP contribution is -2.24. The van der Waals surface area contributed by atoms with E-state index in [0.717, 1.165) is 5.56 Å². The van der Waals surface area contributed by atoms with Crippen molar-refractivity contribution in [2.24, 2.45) is 0 Å². The molecule has 0 bridgehead atoms. The van der Waals surface area contributed by atoms with E-state index < -0.39 is 0 Å². The van der Waals surface area contributed by atoms with Gasteiger partial charge >= 0.3 is 0 Å². The lowest BCUT2D eigenvalue weighted by atomic mass is 10.2. The molecule has 1 amide bonds. The van der Waals surface area contributed by atoms with E-state index in [1.807, 2.05) is 0 Å². The normalized spacial score (nSPS) is 10.3. The van der Waals surface area contributed by atoms with Crippen molar-refractivity contribution in [2.75, 3.05) is 27.1 Å². The third kappa shape index (κ3) is 5.29. The van der Waals surface area contributed by atoms with Crippen molar-refractivity contribution in [2.45, 2.75) is 12.3 Å². The largest absolute Gasteiger partial charge is 0.493 e. The van der Waals surface area contributed by atoms with Crippen molar-refractivity contribution in [1.82, 2.24) is 5.32 Å². The van der Waals surface area contributed by atoms with E-state index in [9.17, 15) is 9.18 Å². The van der Waals surface area contributed by atoms with Crippen molar-refractivity contribution < 1.29 is 23.4 Å². The van der Waals surface area contributed by atoms with Gasteiger partial charge in [0.15, 0.2) is 11.5 Å². The summed E-state index contributed by atoms with van der Waals surface area (Å²) in [6.45, 7) is 0.329. The third-order valence-electron chi connectivity index (χ3n) is 3.66. The van der Waals surface area contributed by atoms with Crippen molar-refractivity contribution in [3.63, 3.8) is 0 Å². The Kier molecular flexibility index (Phi) is 7.59. The van der Waals surface area contributed by atoms with Crippen molar-refractivity contribution >= 4 is 17.7 Å². The summed E-state index contributed by atoms with van der Waals surface area (Å²) in [5.74, 6) is 1.89. The average molecular weight is 379 g/mol. The van der Waals surface area contributed by atoms with Gasteiger partial charge in [-0.05, 0) is 29.3 Å². The number of carbonyl (C=O) groups is 1. The highest BCUT2D eigenvalue weighted by Gasteiger charge is 2.13. The molecule has 5 nitrogen and oxygen atoms in total. The van der Waals surface area contributed by atoms with Gasteiger partial charge in [-0.1, -0.05) is 18.2 Å². The maximum Gasteiger partial charge on any atom is 0.230 e. The average Bonchev–Trinajstić information content (AvgIpc) is 2.66. The molecule has 2 rings (SSSR count). The minimum atomic E-state index is -0.252. The molecular formula is C19H22FNO4S. The van der Waals surface area contributed by atoms with E-state index in [-0.39, 0.29) is 17.5 Å². The highest BCUT2D eigenvalue weighted by atomic mass is 32.2. The molecule has 1 N–H and O–H groups in total. The molecule has 0 aliphatic carbocycles. The predicted molar refractivity (Wildman–Crippen MR) is 101 cm³/mol. The quantitative estimate of drug-likeness (QED) is 0.724. The Bertz CT molecular complexity index is 729. The molecule has 0 heterocycles. The number of halogens is 1. The molecule has 0 aromatic heterocycles. The second-order valence-corrected chi connectivity index (χ2v) is 6.38. The molecule has 0 aliphatic rings. The summed E-state index contributed by atoms with van der Waals surface area (Å²) in [4.78, 5) is 12.0. The number of amides is 1. The van der Waals surface area contributed by atoms with Crippen LogP contribution in [0.4, 0.5) is 4.39 Å². The van der Waals surface area contributed by atoms with Gasteiger partial charge in [0.2, 0.25) is 11.7 Å². The topological polar surface area (TPSA) is 56.8 Å². The van der Waals surface area contributed by atoms with Crippen LogP contribution in [0.5, 0.6) is 17.2 Å². The fourth-order valence-corrected chi connectivity index (χ4v) is 3.20. The molecule has 0 spiro atoms. The van der Waals surface area contributed by atoms with E-state index in [4.69, 9.17) is 14.2 Å². The van der Waals surface area contributed by atoms with E-state index in [1.54, 1.807) is 44.6 Å². The van der Waals surface area contributed by atoms with E-state index >= 15 is 0 Å². The highest BCUT2D eigenvalue weighted by Crippen LogP contribution is 2.38. The number of ether oxygens (including phenoxy) is 3. The first kappa shape index (κ1) is 19.9. The smallest absolute Gasteiger partial charge is 0.230 e. The van der Waals surface area contributed by atoms with Gasteiger partial charge in [0.1, 0.15) is 5.82 Å². The molecule has 0 aliphatic heterocycles. The van der Waals surface area contributed by atoms with E-state index in [1.165, 1.54) is 24.9 Å². The molecule has 0 fully saturated rings. The van der Waals surface area contributed by atoms with Crippen molar-refractivity contribution in [3.05, 3.63) is 53.3 Å². The molecule has 140 valence electrons.